The van der Waals surface area contributed by atoms with Crippen LogP contribution in [-0.2, 0) is 4.74 Å². The second kappa shape index (κ2) is 7.41. The van der Waals surface area contributed by atoms with Gasteiger partial charge in [0.25, 0.3) is 0 Å². The average Bonchev–Trinajstić information content (AvgIpc) is 2.55. The standard InChI is InChI=1S/C18H19NO3/c1-3-13(2)22-18(21)19-16-12-8-7-11-15(16)17(20)14-9-5-4-6-10-14/h4-13H,3H2,1-2H3,(H,19,21). The molecule has 0 aliphatic carbocycles. The molecule has 0 radical (unpaired) electrons. The summed E-state index contributed by atoms with van der Waals surface area (Å²) in [6.45, 7) is 3.76. The molecule has 0 saturated heterocycles. The molecular formula is C18H19NO3. The first-order chi connectivity index (χ1) is 10.6. The lowest BCUT2D eigenvalue weighted by atomic mass is 10.0. The van der Waals surface area contributed by atoms with E-state index >= 15 is 0 Å². The largest absolute Gasteiger partial charge is 0.446 e. The molecule has 2 rings (SSSR count). The molecule has 0 aliphatic rings. The maximum absolute atomic E-state index is 12.5. The summed E-state index contributed by atoms with van der Waals surface area (Å²) in [5.41, 5.74) is 1.46. The maximum Gasteiger partial charge on any atom is 0.411 e. The van der Waals surface area contributed by atoms with Crippen molar-refractivity contribution in [2.24, 2.45) is 0 Å². The van der Waals surface area contributed by atoms with E-state index in [0.29, 0.717) is 16.8 Å². The van der Waals surface area contributed by atoms with Gasteiger partial charge in [0.2, 0.25) is 0 Å². The van der Waals surface area contributed by atoms with Gasteiger partial charge in [-0.3, -0.25) is 10.1 Å². The number of rotatable bonds is 5. The summed E-state index contributed by atoms with van der Waals surface area (Å²) in [6, 6.07) is 15.9. The van der Waals surface area contributed by atoms with Gasteiger partial charge in [0.05, 0.1) is 5.69 Å². The zero-order valence-electron chi connectivity index (χ0n) is 12.7. The third kappa shape index (κ3) is 3.95. The number of anilines is 1. The van der Waals surface area contributed by atoms with Gasteiger partial charge in [-0.15, -0.1) is 0 Å². The molecule has 1 unspecified atom stereocenters. The fourth-order valence-corrected chi connectivity index (χ4v) is 1.94. The van der Waals surface area contributed by atoms with Crippen molar-refractivity contribution in [3.05, 3.63) is 65.7 Å². The van der Waals surface area contributed by atoms with Crippen molar-refractivity contribution in [1.29, 1.82) is 0 Å². The minimum Gasteiger partial charge on any atom is -0.446 e. The zero-order chi connectivity index (χ0) is 15.9. The summed E-state index contributed by atoms with van der Waals surface area (Å²) in [6.07, 6.45) is 0.0116. The van der Waals surface area contributed by atoms with Crippen LogP contribution in [0.5, 0.6) is 0 Å². The zero-order valence-corrected chi connectivity index (χ0v) is 12.7. The number of hydrogen-bond donors (Lipinski definition) is 1. The van der Waals surface area contributed by atoms with Gasteiger partial charge in [0.15, 0.2) is 5.78 Å². The molecule has 4 heteroatoms. The molecule has 114 valence electrons. The average molecular weight is 297 g/mol. The Morgan fingerprint density at radius 3 is 2.36 bits per heavy atom. The predicted octanol–water partition coefficient (Wildman–Crippen LogP) is 4.26. The lowest BCUT2D eigenvalue weighted by Gasteiger charge is -2.14. The minimum absolute atomic E-state index is 0.139. The molecule has 2 aromatic rings. The van der Waals surface area contributed by atoms with Crippen LogP contribution in [0.2, 0.25) is 0 Å². The van der Waals surface area contributed by atoms with E-state index in [1.165, 1.54) is 0 Å². The van der Waals surface area contributed by atoms with Crippen LogP contribution in [0, 0.1) is 0 Å². The van der Waals surface area contributed by atoms with Crippen LogP contribution < -0.4 is 5.32 Å². The van der Waals surface area contributed by atoms with Crippen molar-refractivity contribution in [3.63, 3.8) is 0 Å². The van der Waals surface area contributed by atoms with Gasteiger partial charge in [0.1, 0.15) is 6.10 Å². The summed E-state index contributed by atoms with van der Waals surface area (Å²) in [4.78, 5) is 24.4. The number of carbonyl (C=O) groups excluding carboxylic acids is 2. The van der Waals surface area contributed by atoms with Gasteiger partial charge in [0, 0.05) is 11.1 Å². The fraction of sp³-hybridized carbons (Fsp3) is 0.222. The maximum atomic E-state index is 12.5. The summed E-state index contributed by atoms with van der Waals surface area (Å²) < 4.78 is 5.18. The van der Waals surface area contributed by atoms with Crippen molar-refractivity contribution in [2.45, 2.75) is 26.4 Å². The molecule has 0 aromatic heterocycles. The summed E-state index contributed by atoms with van der Waals surface area (Å²) in [7, 11) is 0. The molecule has 0 spiro atoms. The van der Waals surface area contributed by atoms with Crippen LogP contribution in [0.25, 0.3) is 0 Å². The highest BCUT2D eigenvalue weighted by Crippen LogP contribution is 2.19. The topological polar surface area (TPSA) is 55.4 Å². The van der Waals surface area contributed by atoms with Crippen molar-refractivity contribution in [2.75, 3.05) is 5.32 Å². The molecule has 0 bridgehead atoms. The Balaban J connectivity index is 2.20. The fourth-order valence-electron chi connectivity index (χ4n) is 1.94. The molecule has 1 atom stereocenters. The molecule has 0 saturated carbocycles. The van der Waals surface area contributed by atoms with Gasteiger partial charge in [-0.25, -0.2) is 4.79 Å². The van der Waals surface area contributed by atoms with E-state index in [1.54, 1.807) is 48.5 Å². The van der Waals surface area contributed by atoms with Crippen LogP contribution >= 0.6 is 0 Å². The molecule has 22 heavy (non-hydrogen) atoms. The Morgan fingerprint density at radius 2 is 1.68 bits per heavy atom. The van der Waals surface area contributed by atoms with Crippen molar-refractivity contribution < 1.29 is 14.3 Å². The highest BCUT2D eigenvalue weighted by atomic mass is 16.6. The second-order valence-electron chi connectivity index (χ2n) is 4.99. The highest BCUT2D eigenvalue weighted by molar-refractivity contribution is 6.13. The van der Waals surface area contributed by atoms with E-state index in [-0.39, 0.29) is 11.9 Å². The molecule has 0 fully saturated rings. The molecule has 1 N–H and O–H groups in total. The van der Waals surface area contributed by atoms with Crippen molar-refractivity contribution in [3.8, 4) is 0 Å². The van der Waals surface area contributed by atoms with Gasteiger partial charge in [-0.05, 0) is 25.5 Å². The highest BCUT2D eigenvalue weighted by Gasteiger charge is 2.15. The molecule has 0 heterocycles. The monoisotopic (exact) mass is 297 g/mol. The summed E-state index contributed by atoms with van der Waals surface area (Å²) >= 11 is 0. The van der Waals surface area contributed by atoms with E-state index < -0.39 is 6.09 Å². The van der Waals surface area contributed by atoms with Crippen LogP contribution in [0.1, 0.15) is 36.2 Å². The number of para-hydroxylation sites is 1. The minimum atomic E-state index is -0.553. The third-order valence-electron chi connectivity index (χ3n) is 3.33. The Bertz CT molecular complexity index is 652. The van der Waals surface area contributed by atoms with Gasteiger partial charge >= 0.3 is 6.09 Å². The number of hydrogen-bond acceptors (Lipinski definition) is 3. The first-order valence-corrected chi connectivity index (χ1v) is 7.28. The lowest BCUT2D eigenvalue weighted by Crippen LogP contribution is -2.21. The number of amides is 1. The number of nitrogens with one attached hydrogen (secondary N) is 1. The van der Waals surface area contributed by atoms with E-state index in [0.717, 1.165) is 6.42 Å². The third-order valence-corrected chi connectivity index (χ3v) is 3.33. The number of benzene rings is 2. The number of ether oxygens (including phenoxy) is 1. The van der Waals surface area contributed by atoms with Gasteiger partial charge < -0.3 is 4.74 Å². The van der Waals surface area contributed by atoms with E-state index in [9.17, 15) is 9.59 Å². The Kier molecular flexibility index (Phi) is 5.31. The Morgan fingerprint density at radius 1 is 1.05 bits per heavy atom. The Hall–Kier alpha value is -2.62. The molecule has 0 aliphatic heterocycles. The summed E-state index contributed by atoms with van der Waals surface area (Å²) in [5, 5.41) is 2.64. The second-order valence-corrected chi connectivity index (χ2v) is 4.99. The smallest absolute Gasteiger partial charge is 0.411 e. The number of carbonyl (C=O) groups is 2. The quantitative estimate of drug-likeness (QED) is 0.839. The SMILES string of the molecule is CCC(C)OC(=O)Nc1ccccc1C(=O)c1ccccc1. The molecule has 4 nitrogen and oxygen atoms in total. The summed E-state index contributed by atoms with van der Waals surface area (Å²) in [5.74, 6) is -0.139. The normalized spacial score (nSPS) is 11.5. The van der Waals surface area contributed by atoms with E-state index in [4.69, 9.17) is 4.74 Å². The number of ketones is 1. The van der Waals surface area contributed by atoms with E-state index in [1.807, 2.05) is 19.9 Å². The first kappa shape index (κ1) is 15.8. The molecule has 1 amide bonds. The lowest BCUT2D eigenvalue weighted by molar-refractivity contribution is 0.103. The molecule has 2 aromatic carbocycles. The predicted molar refractivity (Wildman–Crippen MR) is 86.2 cm³/mol. The van der Waals surface area contributed by atoms with Gasteiger partial charge in [-0.2, -0.15) is 0 Å². The first-order valence-electron chi connectivity index (χ1n) is 7.28. The molecular weight excluding hydrogens is 278 g/mol. The van der Waals surface area contributed by atoms with Crippen LogP contribution in [-0.4, -0.2) is 18.0 Å². The van der Waals surface area contributed by atoms with Crippen LogP contribution in [0.15, 0.2) is 54.6 Å². The Labute approximate surface area is 130 Å². The van der Waals surface area contributed by atoms with Gasteiger partial charge in [-0.1, -0.05) is 49.4 Å². The van der Waals surface area contributed by atoms with Crippen molar-refractivity contribution >= 4 is 17.6 Å². The van der Waals surface area contributed by atoms with Crippen molar-refractivity contribution in [1.82, 2.24) is 0 Å². The van der Waals surface area contributed by atoms with Crippen LogP contribution in [0.3, 0.4) is 0 Å². The van der Waals surface area contributed by atoms with Crippen LogP contribution in [0.4, 0.5) is 10.5 Å². The van der Waals surface area contributed by atoms with E-state index in [2.05, 4.69) is 5.32 Å².